The van der Waals surface area contributed by atoms with Crippen LogP contribution in [0.3, 0.4) is 0 Å². The van der Waals surface area contributed by atoms with Crippen molar-refractivity contribution >= 4 is 43.7 Å². The first kappa shape index (κ1) is 25.0. The number of rotatable bonds is 12. The van der Waals surface area contributed by atoms with Crippen molar-refractivity contribution in [3.63, 3.8) is 0 Å². The lowest BCUT2D eigenvalue weighted by Crippen LogP contribution is -2.33. The van der Waals surface area contributed by atoms with Gasteiger partial charge in [0, 0.05) is 39.7 Å². The zero-order valence-electron chi connectivity index (χ0n) is 16.6. The normalized spacial score (nSPS) is 27.6. The molecule has 27 heavy (non-hydrogen) atoms. The van der Waals surface area contributed by atoms with Crippen LogP contribution in [0.25, 0.3) is 0 Å². The first-order valence-electron chi connectivity index (χ1n) is 9.16. The van der Waals surface area contributed by atoms with Gasteiger partial charge in [0.05, 0.1) is 6.61 Å². The van der Waals surface area contributed by atoms with Gasteiger partial charge in [-0.15, -0.1) is 0 Å². The van der Waals surface area contributed by atoms with Crippen molar-refractivity contribution in [2.45, 2.75) is 43.9 Å². The molecule has 0 aromatic heterocycles. The number of allylic oxidation sites excluding steroid dienone is 2. The number of methoxy groups -OCH3 is 1. The lowest BCUT2D eigenvalue weighted by atomic mass is 9.82. The van der Waals surface area contributed by atoms with Crippen LogP contribution in [-0.2, 0) is 30.3 Å². The Morgan fingerprint density at radius 1 is 1.33 bits per heavy atom. The third kappa shape index (κ3) is 9.32. The minimum atomic E-state index is -3.26. The first-order valence-corrected chi connectivity index (χ1v) is 12.2. The average molecular weight is 438 g/mol. The number of hydrogen-bond donors (Lipinski definition) is 3. The molecule has 0 radical (unpaired) electrons. The average Bonchev–Trinajstić information content (AvgIpc) is 2.91. The van der Waals surface area contributed by atoms with E-state index in [0.29, 0.717) is 11.7 Å². The maximum atomic E-state index is 10.1. The van der Waals surface area contributed by atoms with Crippen molar-refractivity contribution in [1.82, 2.24) is 10.6 Å². The van der Waals surface area contributed by atoms with Gasteiger partial charge in [-0.05, 0) is 49.7 Å². The molecule has 0 amide bonds. The molecule has 1 saturated heterocycles. The van der Waals surface area contributed by atoms with Crippen LogP contribution in [0.1, 0.15) is 25.7 Å². The van der Waals surface area contributed by atoms with Crippen molar-refractivity contribution in [3.05, 3.63) is 12.2 Å². The van der Waals surface area contributed by atoms with Crippen molar-refractivity contribution in [3.8, 4) is 0 Å². The Morgan fingerprint density at radius 2 is 2.07 bits per heavy atom. The van der Waals surface area contributed by atoms with Crippen LogP contribution in [-0.4, -0.2) is 70.5 Å². The van der Waals surface area contributed by atoms with E-state index in [9.17, 15) is 4.89 Å². The second kappa shape index (κ2) is 13.2. The zero-order chi connectivity index (χ0) is 20.3. The molecule has 1 fully saturated rings. The third-order valence-corrected chi connectivity index (χ3v) is 6.51. The SMILES string of the molecule is B[C@@H]1O[C@H](COC)C(OP(O)(=S)OC)[C@@H]1C/C=C/CCCCNC(=S)NC. The van der Waals surface area contributed by atoms with Gasteiger partial charge < -0.3 is 34.0 Å². The molecule has 3 N–H and O–H groups in total. The molecular weight excluding hydrogens is 406 g/mol. The van der Waals surface area contributed by atoms with Crippen molar-refractivity contribution in [2.75, 3.05) is 34.4 Å². The van der Waals surface area contributed by atoms with Gasteiger partial charge in [-0.25, -0.2) is 0 Å². The summed E-state index contributed by atoms with van der Waals surface area (Å²) in [6.07, 6.45) is 7.62. The highest BCUT2D eigenvalue weighted by Gasteiger charge is 2.44. The Bertz CT molecular complexity index is 529. The number of thiocarbonyl (C=S) groups is 1. The minimum Gasteiger partial charge on any atom is -0.382 e. The standard InChI is InChI=1S/C16H32BN2O5PS2/c1-18-16(26)19-10-8-6-4-5-7-9-12-14(24-25(20,27)22-3)13(11-21-2)23-15(12)17/h5,7,12-15H,4,6,8-11,17H2,1-3H3,(H,20,27)(H2,18,19,26)/b7-5+/t12-,13+,14?,15+,25?/m0/s1. The van der Waals surface area contributed by atoms with E-state index >= 15 is 0 Å². The summed E-state index contributed by atoms with van der Waals surface area (Å²) in [6.45, 7) is -2.01. The largest absolute Gasteiger partial charge is 0.382 e. The highest BCUT2D eigenvalue weighted by molar-refractivity contribution is 8.07. The fourth-order valence-electron chi connectivity index (χ4n) is 3.01. The second-order valence-corrected chi connectivity index (χ2v) is 9.73. The van der Waals surface area contributed by atoms with Gasteiger partial charge in [0.1, 0.15) is 20.1 Å². The van der Waals surface area contributed by atoms with Gasteiger partial charge in [-0.3, -0.25) is 0 Å². The fourth-order valence-corrected chi connectivity index (χ4v) is 4.10. The molecule has 1 heterocycles. The summed E-state index contributed by atoms with van der Waals surface area (Å²) in [6, 6.07) is -0.0154. The van der Waals surface area contributed by atoms with E-state index in [1.165, 1.54) is 7.11 Å². The van der Waals surface area contributed by atoms with Crippen LogP contribution in [0.2, 0.25) is 0 Å². The fraction of sp³-hybridized carbons (Fsp3) is 0.812. The summed E-state index contributed by atoms with van der Waals surface area (Å²) >= 11 is 10.1. The van der Waals surface area contributed by atoms with Gasteiger partial charge in [0.25, 0.3) is 0 Å². The minimum absolute atomic E-state index is 0.0154. The van der Waals surface area contributed by atoms with Crippen molar-refractivity contribution < 1.29 is 23.4 Å². The van der Waals surface area contributed by atoms with E-state index in [1.807, 2.05) is 7.85 Å². The highest BCUT2D eigenvalue weighted by Crippen LogP contribution is 2.48. The monoisotopic (exact) mass is 438 g/mol. The first-order chi connectivity index (χ1) is 12.8. The lowest BCUT2D eigenvalue weighted by molar-refractivity contribution is -0.0146. The maximum Gasteiger partial charge on any atom is 0.324 e. The Hall–Kier alpha value is -0.0551. The van der Waals surface area contributed by atoms with Crippen LogP contribution in [0.5, 0.6) is 0 Å². The predicted molar refractivity (Wildman–Crippen MR) is 118 cm³/mol. The number of nitrogens with one attached hydrogen (secondary N) is 2. The Labute approximate surface area is 174 Å². The van der Waals surface area contributed by atoms with E-state index in [4.69, 9.17) is 42.5 Å². The van der Waals surface area contributed by atoms with Crippen LogP contribution >= 0.6 is 18.9 Å². The summed E-state index contributed by atoms with van der Waals surface area (Å²) in [5.41, 5.74) is 0. The molecule has 1 aliphatic rings. The number of hydrogen-bond acceptors (Lipinski definition) is 6. The van der Waals surface area contributed by atoms with E-state index in [2.05, 4.69) is 22.8 Å². The summed E-state index contributed by atoms with van der Waals surface area (Å²) < 4.78 is 21.8. The van der Waals surface area contributed by atoms with Gasteiger partial charge in [-0.2, -0.15) is 0 Å². The smallest absolute Gasteiger partial charge is 0.324 e. The predicted octanol–water partition coefficient (Wildman–Crippen LogP) is 1.07. The topological polar surface area (TPSA) is 81.2 Å². The van der Waals surface area contributed by atoms with Crippen LogP contribution in [0.15, 0.2) is 12.2 Å². The molecule has 2 unspecified atom stereocenters. The number of ether oxygens (including phenoxy) is 2. The molecule has 0 aliphatic carbocycles. The quantitative estimate of drug-likeness (QED) is 0.136. The molecule has 0 aromatic rings. The van der Waals surface area contributed by atoms with E-state index < -0.39 is 6.72 Å². The van der Waals surface area contributed by atoms with E-state index in [-0.39, 0.29) is 24.1 Å². The van der Waals surface area contributed by atoms with Gasteiger partial charge in [0.2, 0.25) is 0 Å². The molecular formula is C16H32BN2O5PS2. The van der Waals surface area contributed by atoms with Gasteiger partial charge in [0.15, 0.2) is 5.11 Å². The third-order valence-electron chi connectivity index (χ3n) is 4.48. The lowest BCUT2D eigenvalue weighted by Gasteiger charge is -2.26. The maximum absolute atomic E-state index is 10.1. The molecule has 11 heteroatoms. The molecule has 0 aromatic carbocycles. The second-order valence-electron chi connectivity index (χ2n) is 6.43. The van der Waals surface area contributed by atoms with Crippen molar-refractivity contribution in [2.24, 2.45) is 5.92 Å². The Morgan fingerprint density at radius 3 is 2.70 bits per heavy atom. The van der Waals surface area contributed by atoms with E-state index in [0.717, 1.165) is 32.2 Å². The Kier molecular flexibility index (Phi) is 12.2. The molecule has 5 atom stereocenters. The number of unbranched alkanes of at least 4 members (excludes halogenated alkanes) is 2. The molecule has 0 spiro atoms. The van der Waals surface area contributed by atoms with Crippen LogP contribution in [0, 0.1) is 5.92 Å². The highest BCUT2D eigenvalue weighted by atomic mass is 32.5. The van der Waals surface area contributed by atoms with Gasteiger partial charge >= 0.3 is 6.72 Å². The molecule has 156 valence electrons. The summed E-state index contributed by atoms with van der Waals surface area (Å²) in [5, 5.41) is 6.70. The van der Waals surface area contributed by atoms with Crippen LogP contribution < -0.4 is 10.6 Å². The van der Waals surface area contributed by atoms with Crippen LogP contribution in [0.4, 0.5) is 0 Å². The molecule has 0 saturated carbocycles. The summed E-state index contributed by atoms with van der Waals surface area (Å²) in [4.78, 5) is 10.1. The molecule has 7 nitrogen and oxygen atoms in total. The summed E-state index contributed by atoms with van der Waals surface area (Å²) in [5.74, 6) is 0.0840. The molecule has 0 bridgehead atoms. The summed E-state index contributed by atoms with van der Waals surface area (Å²) in [7, 11) is 6.79. The zero-order valence-corrected chi connectivity index (χ0v) is 19.1. The molecule has 1 aliphatic heterocycles. The van der Waals surface area contributed by atoms with E-state index in [1.54, 1.807) is 14.2 Å². The molecule has 1 rings (SSSR count). The van der Waals surface area contributed by atoms with Crippen molar-refractivity contribution in [1.29, 1.82) is 0 Å². The van der Waals surface area contributed by atoms with Gasteiger partial charge in [-0.1, -0.05) is 12.2 Å². The Balaban J connectivity index is 2.47.